The molecule has 0 bridgehead atoms. The average Bonchev–Trinajstić information content (AvgIpc) is 2.11. The first-order chi connectivity index (χ1) is 7.26. The molecule has 0 heterocycles. The van der Waals surface area contributed by atoms with E-state index >= 15 is 0 Å². The molecule has 1 amide bonds. The molecule has 16 heavy (non-hydrogen) atoms. The van der Waals surface area contributed by atoms with Gasteiger partial charge >= 0.3 is 5.97 Å². The minimum atomic E-state index is -0.517. The van der Waals surface area contributed by atoms with Crippen LogP contribution >= 0.6 is 0 Å². The molecule has 0 fully saturated rings. The van der Waals surface area contributed by atoms with E-state index in [1.807, 2.05) is 0 Å². The number of nitrogens with zero attached hydrogens (tertiary/aromatic N) is 1. The van der Waals surface area contributed by atoms with Gasteiger partial charge in [0, 0.05) is 20.0 Å². The topological polar surface area (TPSA) is 66.8 Å². The van der Waals surface area contributed by atoms with Crippen LogP contribution in [0.1, 0.15) is 33.6 Å². The minimum absolute atomic E-state index is 0.0747. The first-order valence-corrected chi connectivity index (χ1v) is 5.33. The van der Waals surface area contributed by atoms with Crippen molar-refractivity contribution in [2.75, 3.05) is 20.2 Å². The fraction of sp³-hybridized carbons (Fsp3) is 0.818. The molecule has 0 spiro atoms. The normalized spacial score (nSPS) is 11.1. The Balaban J connectivity index is 3.88. The Morgan fingerprint density at radius 3 is 2.25 bits per heavy atom. The van der Waals surface area contributed by atoms with Gasteiger partial charge in [-0.2, -0.15) is 0 Å². The summed E-state index contributed by atoms with van der Waals surface area (Å²) in [4.78, 5) is 24.1. The first kappa shape index (κ1) is 14.9. The number of aliphatic hydroxyl groups excluding tert-OH is 1. The molecule has 0 aliphatic heterocycles. The van der Waals surface area contributed by atoms with E-state index in [1.165, 1.54) is 4.90 Å². The molecule has 0 aromatic rings. The third kappa shape index (κ3) is 7.23. The molecule has 0 unspecified atom stereocenters. The molecule has 0 aliphatic rings. The Hall–Kier alpha value is -1.10. The number of carbonyl (C=O) groups excluding carboxylic acids is 2. The number of likely N-dealkylation sites (N-methyl/N-ethyl adjacent to an activating group) is 1. The summed E-state index contributed by atoms with van der Waals surface area (Å²) in [6, 6.07) is 0. The van der Waals surface area contributed by atoms with Gasteiger partial charge in [0.05, 0.1) is 13.0 Å². The van der Waals surface area contributed by atoms with E-state index in [-0.39, 0.29) is 37.9 Å². The van der Waals surface area contributed by atoms with Crippen LogP contribution in [0, 0.1) is 0 Å². The average molecular weight is 231 g/mol. The van der Waals surface area contributed by atoms with Crippen LogP contribution in [0.5, 0.6) is 0 Å². The van der Waals surface area contributed by atoms with Crippen molar-refractivity contribution in [3.63, 3.8) is 0 Å². The standard InChI is InChI=1S/C11H21NO4/c1-11(2,3)16-10(15)6-5-9(14)12(4)7-8-13/h13H,5-8H2,1-4H3. The molecule has 0 aromatic carbocycles. The predicted octanol–water partition coefficient (Wildman–Crippen LogP) is 0.559. The van der Waals surface area contributed by atoms with Gasteiger partial charge in [-0.25, -0.2) is 0 Å². The summed E-state index contributed by atoms with van der Waals surface area (Å²) in [5.41, 5.74) is -0.517. The fourth-order valence-electron chi connectivity index (χ4n) is 1.07. The lowest BCUT2D eigenvalue weighted by Gasteiger charge is -2.20. The van der Waals surface area contributed by atoms with Crippen molar-refractivity contribution in [3.05, 3.63) is 0 Å². The van der Waals surface area contributed by atoms with E-state index in [1.54, 1.807) is 27.8 Å². The SMILES string of the molecule is CN(CCO)C(=O)CCC(=O)OC(C)(C)C. The number of carbonyl (C=O) groups is 2. The van der Waals surface area contributed by atoms with Gasteiger partial charge in [0.15, 0.2) is 0 Å². The zero-order valence-electron chi connectivity index (χ0n) is 10.4. The number of rotatable bonds is 5. The molecule has 0 radical (unpaired) electrons. The Labute approximate surface area is 96.4 Å². The Morgan fingerprint density at radius 1 is 1.25 bits per heavy atom. The van der Waals surface area contributed by atoms with Crippen molar-refractivity contribution in [2.24, 2.45) is 0 Å². The van der Waals surface area contributed by atoms with Crippen molar-refractivity contribution < 1.29 is 19.4 Å². The van der Waals surface area contributed by atoms with Gasteiger partial charge in [-0.15, -0.1) is 0 Å². The van der Waals surface area contributed by atoms with Crippen LogP contribution in [0.3, 0.4) is 0 Å². The van der Waals surface area contributed by atoms with Gasteiger partial charge in [0.2, 0.25) is 5.91 Å². The molecule has 0 rings (SSSR count). The maximum Gasteiger partial charge on any atom is 0.306 e. The largest absolute Gasteiger partial charge is 0.460 e. The summed E-state index contributed by atoms with van der Waals surface area (Å²) < 4.78 is 5.07. The summed E-state index contributed by atoms with van der Waals surface area (Å²) in [5, 5.41) is 8.63. The number of esters is 1. The highest BCUT2D eigenvalue weighted by molar-refractivity contribution is 5.81. The van der Waals surface area contributed by atoms with Crippen molar-refractivity contribution in [1.82, 2.24) is 4.90 Å². The third-order valence-electron chi connectivity index (χ3n) is 1.82. The van der Waals surface area contributed by atoms with Crippen LogP contribution in [0.25, 0.3) is 0 Å². The first-order valence-electron chi connectivity index (χ1n) is 5.33. The molecular formula is C11H21NO4. The number of ether oxygens (including phenoxy) is 1. The summed E-state index contributed by atoms with van der Waals surface area (Å²) in [5.74, 6) is -0.543. The molecule has 5 heteroatoms. The van der Waals surface area contributed by atoms with Crippen LogP contribution in [-0.2, 0) is 14.3 Å². The third-order valence-corrected chi connectivity index (χ3v) is 1.82. The highest BCUT2D eigenvalue weighted by atomic mass is 16.6. The number of hydrogen-bond donors (Lipinski definition) is 1. The second-order valence-corrected chi connectivity index (χ2v) is 4.63. The van der Waals surface area contributed by atoms with Crippen LogP contribution in [-0.4, -0.2) is 47.7 Å². The van der Waals surface area contributed by atoms with E-state index in [0.717, 1.165) is 0 Å². The number of hydrogen-bond acceptors (Lipinski definition) is 4. The Bertz CT molecular complexity index is 245. The van der Waals surface area contributed by atoms with E-state index in [9.17, 15) is 9.59 Å². The molecule has 0 atom stereocenters. The maximum atomic E-state index is 11.4. The molecular weight excluding hydrogens is 210 g/mol. The summed E-state index contributed by atoms with van der Waals surface area (Å²) in [6.45, 7) is 5.56. The molecule has 94 valence electrons. The molecule has 0 aromatic heterocycles. The van der Waals surface area contributed by atoms with Crippen LogP contribution in [0.4, 0.5) is 0 Å². The zero-order valence-corrected chi connectivity index (χ0v) is 10.4. The number of aliphatic hydroxyl groups is 1. The number of amides is 1. The second kappa shape index (κ2) is 6.48. The van der Waals surface area contributed by atoms with Crippen molar-refractivity contribution in [2.45, 2.75) is 39.2 Å². The second-order valence-electron chi connectivity index (χ2n) is 4.63. The summed E-state index contributed by atoms with van der Waals surface area (Å²) in [6.07, 6.45) is 0.192. The Morgan fingerprint density at radius 2 is 1.81 bits per heavy atom. The Kier molecular flexibility index (Phi) is 6.03. The summed E-state index contributed by atoms with van der Waals surface area (Å²) >= 11 is 0. The van der Waals surface area contributed by atoms with Crippen LogP contribution in [0.15, 0.2) is 0 Å². The lowest BCUT2D eigenvalue weighted by atomic mass is 10.2. The fourth-order valence-corrected chi connectivity index (χ4v) is 1.07. The van der Waals surface area contributed by atoms with Gasteiger partial charge in [-0.3, -0.25) is 9.59 Å². The van der Waals surface area contributed by atoms with Gasteiger partial charge in [-0.05, 0) is 20.8 Å². The van der Waals surface area contributed by atoms with Crippen molar-refractivity contribution in [3.8, 4) is 0 Å². The van der Waals surface area contributed by atoms with Crippen LogP contribution in [0.2, 0.25) is 0 Å². The van der Waals surface area contributed by atoms with E-state index in [2.05, 4.69) is 0 Å². The molecule has 0 saturated carbocycles. The monoisotopic (exact) mass is 231 g/mol. The van der Waals surface area contributed by atoms with E-state index in [4.69, 9.17) is 9.84 Å². The van der Waals surface area contributed by atoms with Gasteiger partial charge in [0.1, 0.15) is 5.60 Å². The van der Waals surface area contributed by atoms with Crippen LogP contribution < -0.4 is 0 Å². The van der Waals surface area contributed by atoms with E-state index in [0.29, 0.717) is 0 Å². The van der Waals surface area contributed by atoms with Crippen molar-refractivity contribution >= 4 is 11.9 Å². The molecule has 0 saturated heterocycles. The highest BCUT2D eigenvalue weighted by Gasteiger charge is 2.17. The minimum Gasteiger partial charge on any atom is -0.460 e. The smallest absolute Gasteiger partial charge is 0.306 e. The highest BCUT2D eigenvalue weighted by Crippen LogP contribution is 2.09. The molecule has 5 nitrogen and oxygen atoms in total. The molecule has 0 aliphatic carbocycles. The lowest BCUT2D eigenvalue weighted by Crippen LogP contribution is -2.30. The predicted molar refractivity (Wildman–Crippen MR) is 59.8 cm³/mol. The van der Waals surface area contributed by atoms with Gasteiger partial charge in [0.25, 0.3) is 0 Å². The molecule has 1 N–H and O–H groups in total. The quantitative estimate of drug-likeness (QED) is 0.702. The zero-order chi connectivity index (χ0) is 12.8. The van der Waals surface area contributed by atoms with Gasteiger partial charge < -0.3 is 14.7 Å². The van der Waals surface area contributed by atoms with Crippen molar-refractivity contribution in [1.29, 1.82) is 0 Å². The maximum absolute atomic E-state index is 11.4. The lowest BCUT2D eigenvalue weighted by molar-refractivity contribution is -0.156. The summed E-state index contributed by atoms with van der Waals surface area (Å²) in [7, 11) is 1.59. The van der Waals surface area contributed by atoms with Gasteiger partial charge in [-0.1, -0.05) is 0 Å². The van der Waals surface area contributed by atoms with E-state index < -0.39 is 5.60 Å².